The number of benzene rings is 2. The predicted octanol–water partition coefficient (Wildman–Crippen LogP) is 3.22. The van der Waals surface area contributed by atoms with Gasteiger partial charge in [-0.25, -0.2) is 0 Å². The number of halogens is 1. The van der Waals surface area contributed by atoms with Gasteiger partial charge in [0.2, 0.25) is 0 Å². The Balaban J connectivity index is 1.90. The molecule has 1 aliphatic carbocycles. The van der Waals surface area contributed by atoms with Crippen molar-refractivity contribution in [2.45, 2.75) is 6.42 Å². The van der Waals surface area contributed by atoms with E-state index in [1.807, 2.05) is 12.1 Å². The van der Waals surface area contributed by atoms with Crippen molar-refractivity contribution < 1.29 is 15.2 Å². The van der Waals surface area contributed by atoms with Gasteiger partial charge in [-0.1, -0.05) is 6.07 Å². The summed E-state index contributed by atoms with van der Waals surface area (Å²) < 4.78 is 6.18. The average molecular weight is 409 g/mol. The molecule has 0 heterocycles. The van der Waals surface area contributed by atoms with Gasteiger partial charge in [-0.05, 0) is 45.8 Å². The zero-order valence-corrected chi connectivity index (χ0v) is 14.5. The second-order valence-corrected chi connectivity index (χ2v) is 6.06. The van der Waals surface area contributed by atoms with Crippen molar-refractivity contribution in [2.24, 2.45) is 5.10 Å². The summed E-state index contributed by atoms with van der Waals surface area (Å²) in [6, 6.07) is 7.46. The number of nitrogens with one attached hydrogen (secondary N) is 1. The number of ether oxygens (including phenoxy) is 1. The molecule has 0 bridgehead atoms. The van der Waals surface area contributed by atoms with Crippen LogP contribution < -0.4 is 20.6 Å². The summed E-state index contributed by atoms with van der Waals surface area (Å²) >= 11 is 3.41. The lowest BCUT2D eigenvalue weighted by Gasteiger charge is -2.38. The van der Waals surface area contributed by atoms with Crippen LogP contribution in [0.25, 0.3) is 0 Å². The molecule has 132 valence electrons. The first-order chi connectivity index (χ1) is 11.9. The molecule has 3 N–H and O–H groups in total. The van der Waals surface area contributed by atoms with Crippen molar-refractivity contribution in [3.63, 3.8) is 0 Å². The summed E-state index contributed by atoms with van der Waals surface area (Å²) in [5.74, 6) is 0.666. The highest BCUT2D eigenvalue weighted by molar-refractivity contribution is 9.10. The number of hydrogen-bond donors (Lipinski definition) is 3. The highest BCUT2D eigenvalue weighted by atomic mass is 79.9. The van der Waals surface area contributed by atoms with E-state index in [0.717, 1.165) is 27.4 Å². The zero-order chi connectivity index (χ0) is 18.1. The van der Waals surface area contributed by atoms with Crippen LogP contribution in [-0.2, 0) is 6.42 Å². The quantitative estimate of drug-likeness (QED) is 0.643. The van der Waals surface area contributed by atoms with Crippen LogP contribution >= 0.6 is 15.9 Å². The first-order valence-corrected chi connectivity index (χ1v) is 7.86. The number of hydrazone groups is 1. The Morgan fingerprint density at radius 2 is 2.00 bits per heavy atom. The minimum Gasteiger partial charge on any atom is -0.769 e. The zero-order valence-electron chi connectivity index (χ0n) is 12.9. The van der Waals surface area contributed by atoms with Gasteiger partial charge in [0.1, 0.15) is 11.4 Å². The van der Waals surface area contributed by atoms with Crippen molar-refractivity contribution in [3.8, 4) is 5.75 Å². The number of nitrogens with zero attached hydrogens (tertiary/aromatic N) is 3. The van der Waals surface area contributed by atoms with Crippen LogP contribution in [0.1, 0.15) is 11.1 Å². The molecular formula is C15H13BrN4O5-2. The molecular weight excluding hydrogens is 396 g/mol. The van der Waals surface area contributed by atoms with Crippen molar-refractivity contribution in [1.82, 2.24) is 0 Å². The lowest BCUT2D eigenvalue weighted by Crippen LogP contribution is -2.23. The molecule has 2 aromatic rings. The third kappa shape index (κ3) is 3.25. The number of anilines is 3. The summed E-state index contributed by atoms with van der Waals surface area (Å²) in [4.78, 5) is 0. The number of rotatable bonds is 5. The fraction of sp³-hybridized carbons (Fsp3) is 0.133. The van der Waals surface area contributed by atoms with Crippen molar-refractivity contribution in [2.75, 3.05) is 23.0 Å². The smallest absolute Gasteiger partial charge is 0.142 e. The van der Waals surface area contributed by atoms with E-state index in [1.165, 1.54) is 12.1 Å². The molecule has 2 aromatic carbocycles. The molecule has 0 radical (unpaired) electrons. The summed E-state index contributed by atoms with van der Waals surface area (Å²) in [7, 11) is 1.56. The summed E-state index contributed by atoms with van der Waals surface area (Å²) in [5.41, 5.74) is 5.09. The van der Waals surface area contributed by atoms with Crippen molar-refractivity contribution in [1.29, 1.82) is 0 Å². The van der Waals surface area contributed by atoms with Crippen molar-refractivity contribution >= 4 is 38.7 Å². The number of fused-ring (bicyclic) bond motifs is 1. The lowest BCUT2D eigenvalue weighted by atomic mass is 9.85. The average Bonchev–Trinajstić information content (AvgIpc) is 2.56. The second kappa shape index (κ2) is 6.86. The molecule has 25 heavy (non-hydrogen) atoms. The molecule has 3 rings (SSSR count). The minimum absolute atomic E-state index is 0.193. The molecule has 0 saturated carbocycles. The van der Waals surface area contributed by atoms with Gasteiger partial charge in [0, 0.05) is 17.7 Å². The van der Waals surface area contributed by atoms with Crippen LogP contribution in [0, 0.1) is 10.4 Å². The Hall–Kier alpha value is -2.37. The summed E-state index contributed by atoms with van der Waals surface area (Å²) in [6.45, 7) is 0. The fourth-order valence-corrected chi connectivity index (χ4v) is 3.03. The van der Waals surface area contributed by atoms with E-state index in [0.29, 0.717) is 12.2 Å². The molecule has 9 nitrogen and oxygen atoms in total. The first kappa shape index (κ1) is 17.5. The van der Waals surface area contributed by atoms with Gasteiger partial charge in [0.25, 0.3) is 0 Å². The topological polar surface area (TPSA) is 127 Å². The predicted molar refractivity (Wildman–Crippen MR) is 96.3 cm³/mol. The molecule has 10 heteroatoms. The highest BCUT2D eigenvalue weighted by Crippen LogP contribution is 2.38. The Labute approximate surface area is 150 Å². The van der Waals surface area contributed by atoms with E-state index in [1.54, 1.807) is 7.11 Å². The normalized spacial score (nSPS) is 13.9. The maximum absolute atomic E-state index is 10.8. The molecule has 0 aromatic heterocycles. The van der Waals surface area contributed by atoms with Crippen LogP contribution in [0.2, 0.25) is 0 Å². The van der Waals surface area contributed by atoms with Gasteiger partial charge >= 0.3 is 0 Å². The van der Waals surface area contributed by atoms with Crippen LogP contribution in [-0.4, -0.2) is 23.2 Å². The van der Waals surface area contributed by atoms with Crippen molar-refractivity contribution in [3.05, 3.63) is 56.3 Å². The molecule has 1 aliphatic rings. The van der Waals surface area contributed by atoms with Crippen LogP contribution in [0.3, 0.4) is 0 Å². The third-order valence-corrected chi connectivity index (χ3v) is 4.39. The number of hydrogen-bond acceptors (Lipinski definition) is 9. The maximum atomic E-state index is 10.8. The van der Waals surface area contributed by atoms with E-state index < -0.39 is 5.23 Å². The second-order valence-electron chi connectivity index (χ2n) is 5.21. The number of methoxy groups -OCH3 is 1. The summed E-state index contributed by atoms with van der Waals surface area (Å²) in [5, 5.41) is 43.6. The van der Waals surface area contributed by atoms with Gasteiger partial charge in [-0.15, -0.1) is 5.23 Å². The van der Waals surface area contributed by atoms with E-state index >= 15 is 0 Å². The fourth-order valence-electron chi connectivity index (χ4n) is 2.54. The Morgan fingerprint density at radius 1 is 1.24 bits per heavy atom. The largest absolute Gasteiger partial charge is 0.769 e. The molecule has 0 atom stereocenters. The van der Waals surface area contributed by atoms with Crippen LogP contribution in [0.4, 0.5) is 17.1 Å². The molecule has 0 amide bonds. The van der Waals surface area contributed by atoms with E-state index in [9.17, 15) is 20.8 Å². The highest BCUT2D eigenvalue weighted by Gasteiger charge is 2.27. The molecule has 0 fully saturated rings. The van der Waals surface area contributed by atoms with Gasteiger partial charge in [0.05, 0.1) is 23.0 Å². The van der Waals surface area contributed by atoms with E-state index in [4.69, 9.17) is 4.74 Å². The molecule has 0 spiro atoms. The maximum Gasteiger partial charge on any atom is 0.142 e. The first-order valence-electron chi connectivity index (χ1n) is 7.07. The van der Waals surface area contributed by atoms with E-state index in [-0.39, 0.29) is 22.3 Å². The minimum atomic E-state index is -0.632. The Kier molecular flexibility index (Phi) is 4.79. The van der Waals surface area contributed by atoms with Crippen LogP contribution in [0.15, 0.2) is 39.9 Å². The molecule has 0 aliphatic heterocycles. The molecule has 0 saturated heterocycles. The van der Waals surface area contributed by atoms with E-state index in [2.05, 4.69) is 26.5 Å². The SMILES string of the molecule is COc1c(Br)ccc2c1C(=NNc1ccc(N([O-])[O-])cc1N(O)O)C2. The Bertz CT molecular complexity index is 841. The van der Waals surface area contributed by atoms with Gasteiger partial charge in [-0.3, -0.25) is 15.8 Å². The van der Waals surface area contributed by atoms with Gasteiger partial charge in [-0.2, -0.15) is 5.10 Å². The standard InChI is InChI=1S/C15H13BrN4O5/c1-25-15-10(16)4-2-8-6-12(14(8)15)18-17-11-5-3-9(19(21)22)7-13(11)20(23)24/h2-5,7,17,23-24H,6H2,1H3/q-2. The Morgan fingerprint density at radius 3 is 2.64 bits per heavy atom. The lowest BCUT2D eigenvalue weighted by molar-refractivity contribution is 0.0295. The monoisotopic (exact) mass is 408 g/mol. The van der Waals surface area contributed by atoms with Gasteiger partial charge in [0.15, 0.2) is 0 Å². The third-order valence-electron chi connectivity index (χ3n) is 3.77. The van der Waals surface area contributed by atoms with Gasteiger partial charge < -0.3 is 20.4 Å². The molecule has 0 unspecified atom stereocenters. The summed E-state index contributed by atoms with van der Waals surface area (Å²) in [6.07, 6.45) is 0.621. The van der Waals surface area contributed by atoms with Crippen LogP contribution in [0.5, 0.6) is 5.75 Å².